The van der Waals surface area contributed by atoms with Crippen molar-refractivity contribution >= 4 is 23.4 Å². The van der Waals surface area contributed by atoms with E-state index in [0.717, 1.165) is 28.3 Å². The zero-order chi connectivity index (χ0) is 19.4. The average Bonchev–Trinajstić information content (AvgIpc) is 3.12. The largest absolute Gasteiger partial charge is 0.497 e. The minimum absolute atomic E-state index is 0.0713. The van der Waals surface area contributed by atoms with Gasteiger partial charge in [-0.2, -0.15) is 0 Å². The first-order chi connectivity index (χ1) is 13.0. The molecule has 0 radical (unpaired) electrons. The van der Waals surface area contributed by atoms with Gasteiger partial charge in [0.25, 0.3) is 0 Å². The molecule has 140 valence electrons. The number of amides is 1. The van der Waals surface area contributed by atoms with Gasteiger partial charge >= 0.3 is 0 Å². The van der Waals surface area contributed by atoms with Crippen molar-refractivity contribution in [2.45, 2.75) is 31.2 Å². The van der Waals surface area contributed by atoms with Crippen LogP contribution in [0.25, 0.3) is 5.69 Å². The van der Waals surface area contributed by atoms with E-state index in [1.165, 1.54) is 11.8 Å². The molecule has 2 aromatic carbocycles. The number of aromatic nitrogens is 3. The van der Waals surface area contributed by atoms with Gasteiger partial charge in [0.1, 0.15) is 12.1 Å². The highest BCUT2D eigenvalue weighted by atomic mass is 32.2. The number of nitrogens with one attached hydrogen (secondary N) is 1. The second-order valence-corrected chi connectivity index (χ2v) is 7.56. The van der Waals surface area contributed by atoms with Crippen molar-refractivity contribution in [3.05, 3.63) is 59.9 Å². The molecule has 1 heterocycles. The van der Waals surface area contributed by atoms with Crippen LogP contribution >= 0.6 is 11.8 Å². The summed E-state index contributed by atoms with van der Waals surface area (Å²) in [7, 11) is 1.63. The summed E-state index contributed by atoms with van der Waals surface area (Å²) < 4.78 is 7.04. The quantitative estimate of drug-likeness (QED) is 0.652. The fourth-order valence-corrected chi connectivity index (χ4v) is 3.38. The highest BCUT2D eigenvalue weighted by Crippen LogP contribution is 2.26. The normalized spacial score (nSPS) is 11.9. The molecule has 7 heteroatoms. The van der Waals surface area contributed by atoms with Crippen LogP contribution in [0.5, 0.6) is 5.75 Å². The van der Waals surface area contributed by atoms with Crippen molar-refractivity contribution < 1.29 is 9.53 Å². The number of aryl methyl sites for hydroxylation is 2. The molecule has 1 N–H and O–H groups in total. The molecule has 0 unspecified atom stereocenters. The lowest BCUT2D eigenvalue weighted by molar-refractivity contribution is -0.115. The van der Waals surface area contributed by atoms with Crippen LogP contribution in [0.15, 0.2) is 53.9 Å². The summed E-state index contributed by atoms with van der Waals surface area (Å²) in [4.78, 5) is 12.6. The van der Waals surface area contributed by atoms with E-state index < -0.39 is 0 Å². The second kappa shape index (κ2) is 8.26. The van der Waals surface area contributed by atoms with Crippen molar-refractivity contribution in [3.8, 4) is 11.4 Å². The number of thioether (sulfide) groups is 1. The molecule has 3 rings (SSSR count). The number of carbonyl (C=O) groups excluding carboxylic acids is 1. The Morgan fingerprint density at radius 3 is 2.63 bits per heavy atom. The van der Waals surface area contributed by atoms with Crippen molar-refractivity contribution in [2.24, 2.45) is 0 Å². The number of methoxy groups -OCH3 is 1. The van der Waals surface area contributed by atoms with Crippen molar-refractivity contribution in [3.63, 3.8) is 0 Å². The van der Waals surface area contributed by atoms with Gasteiger partial charge in [-0.15, -0.1) is 10.2 Å². The van der Waals surface area contributed by atoms with E-state index in [-0.39, 0.29) is 11.2 Å². The van der Waals surface area contributed by atoms with E-state index in [1.54, 1.807) is 13.4 Å². The number of anilines is 1. The third-order valence-electron chi connectivity index (χ3n) is 4.17. The lowest BCUT2D eigenvalue weighted by Gasteiger charge is -2.14. The van der Waals surface area contributed by atoms with Crippen LogP contribution in [0, 0.1) is 13.8 Å². The topological polar surface area (TPSA) is 69.0 Å². The van der Waals surface area contributed by atoms with E-state index in [1.807, 2.05) is 67.8 Å². The molecule has 6 nitrogen and oxygen atoms in total. The molecule has 0 saturated heterocycles. The third-order valence-corrected chi connectivity index (χ3v) is 5.23. The fourth-order valence-electron chi connectivity index (χ4n) is 2.54. The molecule has 0 saturated carbocycles. The number of carbonyl (C=O) groups is 1. The van der Waals surface area contributed by atoms with Crippen molar-refractivity contribution in [2.75, 3.05) is 12.4 Å². The number of rotatable bonds is 6. The molecular formula is C20H22N4O2S. The standard InChI is InChI=1S/C20H22N4O2S/c1-13-5-6-14(2)18(11-13)22-19(25)15(3)27-20-23-21-12-24(20)16-7-9-17(26-4)10-8-16/h5-12,15H,1-4H3,(H,22,25)/t15-/m1/s1. The number of ether oxygens (including phenoxy) is 1. The fraction of sp³-hybridized carbons (Fsp3) is 0.250. The summed E-state index contributed by atoms with van der Waals surface area (Å²) in [5, 5.41) is 11.5. The molecule has 27 heavy (non-hydrogen) atoms. The molecule has 1 aromatic heterocycles. The van der Waals surface area contributed by atoms with Gasteiger partial charge in [0, 0.05) is 11.4 Å². The molecule has 0 aliphatic rings. The second-order valence-electron chi connectivity index (χ2n) is 6.25. The average molecular weight is 382 g/mol. The molecule has 1 atom stereocenters. The van der Waals surface area contributed by atoms with Gasteiger partial charge in [-0.05, 0) is 62.2 Å². The van der Waals surface area contributed by atoms with Gasteiger partial charge in [-0.25, -0.2) is 0 Å². The van der Waals surface area contributed by atoms with Gasteiger partial charge in [0.05, 0.1) is 12.4 Å². The zero-order valence-electron chi connectivity index (χ0n) is 15.8. The Kier molecular flexibility index (Phi) is 5.81. The maximum Gasteiger partial charge on any atom is 0.237 e. The Bertz CT molecular complexity index is 937. The Labute approximate surface area is 163 Å². The van der Waals surface area contributed by atoms with E-state index in [9.17, 15) is 4.79 Å². The predicted molar refractivity (Wildman–Crippen MR) is 108 cm³/mol. The lowest BCUT2D eigenvalue weighted by atomic mass is 10.1. The third kappa shape index (κ3) is 4.49. The van der Waals surface area contributed by atoms with Crippen LogP contribution in [0.4, 0.5) is 5.69 Å². The molecule has 0 spiro atoms. The van der Waals surface area contributed by atoms with E-state index in [0.29, 0.717) is 5.16 Å². The van der Waals surface area contributed by atoms with Gasteiger partial charge < -0.3 is 10.1 Å². The predicted octanol–water partition coefficient (Wildman–Crippen LogP) is 4.01. The summed E-state index contributed by atoms with van der Waals surface area (Å²) in [5.74, 6) is 0.709. The smallest absolute Gasteiger partial charge is 0.237 e. The Balaban J connectivity index is 1.72. The van der Waals surface area contributed by atoms with E-state index in [2.05, 4.69) is 15.5 Å². The first-order valence-corrected chi connectivity index (χ1v) is 9.45. The van der Waals surface area contributed by atoms with Crippen LogP contribution in [0.1, 0.15) is 18.1 Å². The van der Waals surface area contributed by atoms with Crippen LogP contribution in [0.3, 0.4) is 0 Å². The summed E-state index contributed by atoms with van der Waals surface area (Å²) >= 11 is 1.37. The zero-order valence-corrected chi connectivity index (χ0v) is 16.6. The Hall–Kier alpha value is -2.80. The summed E-state index contributed by atoms with van der Waals surface area (Å²) in [6, 6.07) is 13.6. The molecule has 1 amide bonds. The molecule has 0 aliphatic heterocycles. The van der Waals surface area contributed by atoms with Crippen molar-refractivity contribution in [1.29, 1.82) is 0 Å². The van der Waals surface area contributed by atoms with Crippen molar-refractivity contribution in [1.82, 2.24) is 14.8 Å². The SMILES string of the molecule is COc1ccc(-n2cnnc2S[C@H](C)C(=O)Nc2cc(C)ccc2C)cc1. The molecule has 0 fully saturated rings. The number of nitrogens with zero attached hydrogens (tertiary/aromatic N) is 3. The maximum absolute atomic E-state index is 12.6. The van der Waals surface area contributed by atoms with E-state index >= 15 is 0 Å². The summed E-state index contributed by atoms with van der Waals surface area (Å²) in [6.07, 6.45) is 1.64. The molecule has 3 aromatic rings. The highest BCUT2D eigenvalue weighted by molar-refractivity contribution is 8.00. The minimum Gasteiger partial charge on any atom is -0.497 e. The minimum atomic E-state index is -0.328. The van der Waals surface area contributed by atoms with Gasteiger partial charge in [-0.3, -0.25) is 9.36 Å². The molecule has 0 aliphatic carbocycles. The first kappa shape index (κ1) is 19.0. The summed E-state index contributed by atoms with van der Waals surface area (Å²) in [6.45, 7) is 5.84. The monoisotopic (exact) mass is 382 g/mol. The molecule has 0 bridgehead atoms. The van der Waals surface area contributed by atoms with Crippen LogP contribution in [-0.2, 0) is 4.79 Å². The lowest BCUT2D eigenvalue weighted by Crippen LogP contribution is -2.23. The van der Waals surface area contributed by atoms with Gasteiger partial charge in [-0.1, -0.05) is 23.9 Å². The maximum atomic E-state index is 12.6. The van der Waals surface area contributed by atoms with Crippen LogP contribution in [-0.4, -0.2) is 33.0 Å². The highest BCUT2D eigenvalue weighted by Gasteiger charge is 2.19. The number of benzene rings is 2. The number of hydrogen-bond acceptors (Lipinski definition) is 5. The Morgan fingerprint density at radius 2 is 1.93 bits per heavy atom. The van der Waals surface area contributed by atoms with Crippen LogP contribution < -0.4 is 10.1 Å². The first-order valence-electron chi connectivity index (χ1n) is 8.57. The van der Waals surface area contributed by atoms with E-state index in [4.69, 9.17) is 4.74 Å². The van der Waals surface area contributed by atoms with Gasteiger partial charge in [0.2, 0.25) is 5.91 Å². The Morgan fingerprint density at radius 1 is 1.19 bits per heavy atom. The summed E-state index contributed by atoms with van der Waals surface area (Å²) in [5.41, 5.74) is 3.89. The van der Waals surface area contributed by atoms with Crippen LogP contribution in [0.2, 0.25) is 0 Å². The van der Waals surface area contributed by atoms with Gasteiger partial charge in [0.15, 0.2) is 5.16 Å². The number of hydrogen-bond donors (Lipinski definition) is 1. The molecular weight excluding hydrogens is 360 g/mol.